The SMILES string of the molecule is Cc1cc(Oc2ccccn2)ccc1[NH]. The lowest BCUT2D eigenvalue weighted by Crippen LogP contribution is -1.87. The molecule has 2 aromatic rings. The second-order valence-electron chi connectivity index (χ2n) is 3.25. The summed E-state index contributed by atoms with van der Waals surface area (Å²) < 4.78 is 5.52. The van der Waals surface area contributed by atoms with Gasteiger partial charge in [0.25, 0.3) is 0 Å². The van der Waals surface area contributed by atoms with Gasteiger partial charge in [0, 0.05) is 12.3 Å². The van der Waals surface area contributed by atoms with Gasteiger partial charge in [-0.05, 0) is 36.8 Å². The van der Waals surface area contributed by atoms with Crippen LogP contribution in [0.5, 0.6) is 11.6 Å². The molecule has 3 heteroatoms. The average molecular weight is 199 g/mol. The van der Waals surface area contributed by atoms with Gasteiger partial charge in [-0.1, -0.05) is 6.07 Å². The summed E-state index contributed by atoms with van der Waals surface area (Å²) in [5.74, 6) is 1.27. The zero-order valence-corrected chi connectivity index (χ0v) is 8.40. The molecule has 0 aliphatic rings. The summed E-state index contributed by atoms with van der Waals surface area (Å²) >= 11 is 0. The fourth-order valence-electron chi connectivity index (χ4n) is 1.23. The molecule has 15 heavy (non-hydrogen) atoms. The Morgan fingerprint density at radius 1 is 1.20 bits per heavy atom. The predicted octanol–water partition coefficient (Wildman–Crippen LogP) is 3.10. The molecule has 0 fully saturated rings. The van der Waals surface area contributed by atoms with Gasteiger partial charge < -0.3 is 10.5 Å². The third-order valence-corrected chi connectivity index (χ3v) is 2.06. The molecule has 0 aliphatic heterocycles. The van der Waals surface area contributed by atoms with Crippen LogP contribution in [0.25, 0.3) is 0 Å². The molecule has 1 heterocycles. The molecule has 0 unspecified atom stereocenters. The quantitative estimate of drug-likeness (QED) is 0.746. The van der Waals surface area contributed by atoms with E-state index in [9.17, 15) is 0 Å². The van der Waals surface area contributed by atoms with Gasteiger partial charge in [-0.25, -0.2) is 4.98 Å². The van der Waals surface area contributed by atoms with E-state index in [1.165, 1.54) is 0 Å². The minimum atomic E-state index is 0.517. The number of hydrogen-bond donors (Lipinski definition) is 0. The van der Waals surface area contributed by atoms with Crippen LogP contribution in [0.1, 0.15) is 5.56 Å². The van der Waals surface area contributed by atoms with Gasteiger partial charge in [-0.2, -0.15) is 0 Å². The van der Waals surface area contributed by atoms with Crippen LogP contribution in [0.2, 0.25) is 0 Å². The predicted molar refractivity (Wildman–Crippen MR) is 58.2 cm³/mol. The molecule has 0 amide bonds. The molecule has 0 saturated heterocycles. The van der Waals surface area contributed by atoms with Crippen LogP contribution in [-0.2, 0) is 0 Å². The number of aromatic nitrogens is 1. The summed E-state index contributed by atoms with van der Waals surface area (Å²) in [5, 5.41) is 0. The van der Waals surface area contributed by atoms with E-state index in [-0.39, 0.29) is 0 Å². The fraction of sp³-hybridized carbons (Fsp3) is 0.0833. The molecule has 1 aromatic heterocycles. The Morgan fingerprint density at radius 3 is 2.73 bits per heavy atom. The average Bonchev–Trinajstić information content (AvgIpc) is 2.25. The van der Waals surface area contributed by atoms with Crippen molar-refractivity contribution in [1.29, 1.82) is 0 Å². The van der Waals surface area contributed by atoms with Gasteiger partial charge >= 0.3 is 0 Å². The van der Waals surface area contributed by atoms with Crippen molar-refractivity contribution in [3.63, 3.8) is 0 Å². The molecule has 0 saturated carbocycles. The van der Waals surface area contributed by atoms with E-state index in [0.717, 1.165) is 5.56 Å². The monoisotopic (exact) mass is 199 g/mol. The van der Waals surface area contributed by atoms with Gasteiger partial charge in [0.05, 0.1) is 5.69 Å². The van der Waals surface area contributed by atoms with E-state index in [2.05, 4.69) is 4.98 Å². The first-order valence-corrected chi connectivity index (χ1v) is 4.67. The first kappa shape index (κ1) is 9.52. The highest BCUT2D eigenvalue weighted by Crippen LogP contribution is 2.23. The molecule has 0 aliphatic carbocycles. The summed E-state index contributed by atoms with van der Waals surface area (Å²) in [6.45, 7) is 1.88. The molecular weight excluding hydrogens is 188 g/mol. The van der Waals surface area contributed by atoms with E-state index in [1.807, 2.05) is 25.1 Å². The van der Waals surface area contributed by atoms with Crippen molar-refractivity contribution in [2.45, 2.75) is 6.92 Å². The first-order valence-electron chi connectivity index (χ1n) is 4.67. The lowest BCUT2D eigenvalue weighted by Gasteiger charge is -2.05. The van der Waals surface area contributed by atoms with Crippen molar-refractivity contribution < 1.29 is 4.74 Å². The number of aryl methyl sites for hydroxylation is 1. The molecule has 0 spiro atoms. The Morgan fingerprint density at radius 2 is 2.07 bits per heavy atom. The lowest BCUT2D eigenvalue weighted by molar-refractivity contribution is 0.462. The standard InChI is InChI=1S/C12H11N2O/c1-9-8-10(5-6-11(9)13)15-12-4-2-3-7-14-12/h2-8,13H,1H3. The molecule has 75 valence electrons. The number of rotatable bonds is 2. The van der Waals surface area contributed by atoms with Crippen molar-refractivity contribution in [2.24, 2.45) is 0 Å². The minimum Gasteiger partial charge on any atom is -0.439 e. The summed E-state index contributed by atoms with van der Waals surface area (Å²) in [6.07, 6.45) is 1.68. The number of pyridine rings is 1. The van der Waals surface area contributed by atoms with Crippen LogP contribution in [-0.4, -0.2) is 4.98 Å². The normalized spacial score (nSPS) is 9.93. The highest BCUT2D eigenvalue weighted by Gasteiger charge is 2.00. The smallest absolute Gasteiger partial charge is 0.219 e. The van der Waals surface area contributed by atoms with Crippen molar-refractivity contribution in [3.05, 3.63) is 48.2 Å². The van der Waals surface area contributed by atoms with Gasteiger partial charge in [-0.3, -0.25) is 0 Å². The Balaban J connectivity index is 2.22. The summed E-state index contributed by atoms with van der Waals surface area (Å²) in [6, 6.07) is 10.8. The van der Waals surface area contributed by atoms with Crippen LogP contribution in [0.4, 0.5) is 5.69 Å². The molecule has 1 radical (unpaired) electrons. The third kappa shape index (κ3) is 2.26. The molecule has 2 rings (SSSR count). The largest absolute Gasteiger partial charge is 0.439 e. The molecule has 3 nitrogen and oxygen atoms in total. The molecule has 1 aromatic carbocycles. The van der Waals surface area contributed by atoms with Crippen LogP contribution in [0.3, 0.4) is 0 Å². The Hall–Kier alpha value is -2.03. The number of benzene rings is 1. The van der Waals surface area contributed by atoms with Gasteiger partial charge in [-0.15, -0.1) is 0 Å². The maximum Gasteiger partial charge on any atom is 0.219 e. The number of nitrogens with one attached hydrogen (secondary N) is 1. The van der Waals surface area contributed by atoms with Crippen LogP contribution in [0.15, 0.2) is 42.6 Å². The Kier molecular flexibility index (Phi) is 2.54. The van der Waals surface area contributed by atoms with E-state index in [4.69, 9.17) is 10.5 Å². The third-order valence-electron chi connectivity index (χ3n) is 2.06. The van der Waals surface area contributed by atoms with Gasteiger partial charge in [0.2, 0.25) is 5.88 Å². The summed E-state index contributed by atoms with van der Waals surface area (Å²) in [5.41, 5.74) is 8.93. The van der Waals surface area contributed by atoms with Crippen molar-refractivity contribution >= 4 is 5.69 Å². The van der Waals surface area contributed by atoms with Crippen LogP contribution >= 0.6 is 0 Å². The number of ether oxygens (including phenoxy) is 1. The van der Waals surface area contributed by atoms with Gasteiger partial charge in [0.1, 0.15) is 5.75 Å². The van der Waals surface area contributed by atoms with Crippen molar-refractivity contribution in [1.82, 2.24) is 10.7 Å². The fourth-order valence-corrected chi connectivity index (χ4v) is 1.23. The first-order chi connectivity index (χ1) is 7.25. The molecule has 0 atom stereocenters. The van der Waals surface area contributed by atoms with Crippen molar-refractivity contribution in [2.75, 3.05) is 0 Å². The maximum atomic E-state index is 7.52. The van der Waals surface area contributed by atoms with Gasteiger partial charge in [0.15, 0.2) is 0 Å². The Bertz CT molecular complexity index is 454. The molecular formula is C12H11N2O. The highest BCUT2D eigenvalue weighted by atomic mass is 16.5. The second-order valence-corrected chi connectivity index (χ2v) is 3.25. The van der Waals surface area contributed by atoms with E-state index in [1.54, 1.807) is 24.4 Å². The zero-order chi connectivity index (χ0) is 10.7. The van der Waals surface area contributed by atoms with E-state index in [0.29, 0.717) is 17.3 Å². The minimum absolute atomic E-state index is 0.517. The lowest BCUT2D eigenvalue weighted by atomic mass is 10.2. The molecule has 1 N–H and O–H groups in total. The molecule has 0 bridgehead atoms. The van der Waals surface area contributed by atoms with E-state index < -0.39 is 0 Å². The van der Waals surface area contributed by atoms with E-state index >= 15 is 0 Å². The highest BCUT2D eigenvalue weighted by molar-refractivity contribution is 5.47. The van der Waals surface area contributed by atoms with Crippen LogP contribution < -0.4 is 10.5 Å². The summed E-state index contributed by atoms with van der Waals surface area (Å²) in [7, 11) is 0. The number of nitrogens with zero attached hydrogens (tertiary/aromatic N) is 1. The topological polar surface area (TPSA) is 45.9 Å². The maximum absolute atomic E-state index is 7.52. The van der Waals surface area contributed by atoms with Crippen molar-refractivity contribution in [3.8, 4) is 11.6 Å². The number of hydrogen-bond acceptors (Lipinski definition) is 2. The Labute approximate surface area is 88.5 Å². The second kappa shape index (κ2) is 4.00. The van der Waals surface area contributed by atoms with Crippen LogP contribution in [0, 0.1) is 6.92 Å². The zero-order valence-electron chi connectivity index (χ0n) is 8.40. The summed E-state index contributed by atoms with van der Waals surface area (Å²) in [4.78, 5) is 4.06.